The Hall–Kier alpha value is -0.890. The number of pyridine rings is 1. The third kappa shape index (κ3) is 2.18. The summed E-state index contributed by atoms with van der Waals surface area (Å²) in [4.78, 5) is 4.70. The SMILES string of the molecule is CCNC(C1CCCc2cccnc21)C1CC1C. The summed E-state index contributed by atoms with van der Waals surface area (Å²) in [5, 5.41) is 3.75. The van der Waals surface area contributed by atoms with Gasteiger partial charge in [0.2, 0.25) is 0 Å². The number of hydrogen-bond acceptors (Lipinski definition) is 2. The second-order valence-electron chi connectivity index (χ2n) is 6.01. The molecule has 0 bridgehead atoms. The van der Waals surface area contributed by atoms with E-state index in [9.17, 15) is 0 Å². The summed E-state index contributed by atoms with van der Waals surface area (Å²) in [6, 6.07) is 5.01. The summed E-state index contributed by atoms with van der Waals surface area (Å²) in [5.41, 5.74) is 2.87. The Morgan fingerprint density at radius 3 is 3.06 bits per heavy atom. The Morgan fingerprint density at radius 2 is 2.33 bits per heavy atom. The molecule has 1 aromatic rings. The van der Waals surface area contributed by atoms with Gasteiger partial charge in [0, 0.05) is 23.9 Å². The van der Waals surface area contributed by atoms with Gasteiger partial charge in [0.25, 0.3) is 0 Å². The van der Waals surface area contributed by atoms with Crippen LogP contribution in [0.3, 0.4) is 0 Å². The van der Waals surface area contributed by atoms with Gasteiger partial charge in [-0.3, -0.25) is 4.98 Å². The van der Waals surface area contributed by atoms with Gasteiger partial charge in [0.05, 0.1) is 0 Å². The van der Waals surface area contributed by atoms with Crippen LogP contribution < -0.4 is 5.32 Å². The first-order valence-corrected chi connectivity index (χ1v) is 7.48. The van der Waals surface area contributed by atoms with Gasteiger partial charge in [-0.25, -0.2) is 0 Å². The van der Waals surface area contributed by atoms with Crippen molar-refractivity contribution in [2.24, 2.45) is 11.8 Å². The third-order valence-electron chi connectivity index (χ3n) is 4.74. The number of nitrogens with one attached hydrogen (secondary N) is 1. The van der Waals surface area contributed by atoms with Gasteiger partial charge in [0.1, 0.15) is 0 Å². The molecular weight excluding hydrogens is 220 g/mol. The fourth-order valence-electron chi connectivity index (χ4n) is 3.67. The van der Waals surface area contributed by atoms with Crippen molar-refractivity contribution < 1.29 is 0 Å². The molecule has 1 N–H and O–H groups in total. The molecule has 2 nitrogen and oxygen atoms in total. The second-order valence-corrected chi connectivity index (χ2v) is 6.01. The van der Waals surface area contributed by atoms with E-state index in [0.717, 1.165) is 18.4 Å². The number of aryl methyl sites for hydroxylation is 1. The molecule has 1 heterocycles. The number of nitrogens with zero attached hydrogens (tertiary/aromatic N) is 1. The van der Waals surface area contributed by atoms with Gasteiger partial charge < -0.3 is 5.32 Å². The molecule has 1 aromatic heterocycles. The van der Waals surface area contributed by atoms with Crippen LogP contribution in [0.15, 0.2) is 18.3 Å². The first-order valence-electron chi connectivity index (χ1n) is 7.48. The van der Waals surface area contributed by atoms with Gasteiger partial charge in [-0.15, -0.1) is 0 Å². The van der Waals surface area contributed by atoms with Crippen LogP contribution in [-0.4, -0.2) is 17.6 Å². The molecule has 98 valence electrons. The van der Waals surface area contributed by atoms with E-state index < -0.39 is 0 Å². The fourth-order valence-corrected chi connectivity index (χ4v) is 3.67. The van der Waals surface area contributed by atoms with E-state index in [-0.39, 0.29) is 0 Å². The molecule has 1 fully saturated rings. The lowest BCUT2D eigenvalue weighted by molar-refractivity contribution is 0.348. The average Bonchev–Trinajstić information content (AvgIpc) is 3.12. The Morgan fingerprint density at radius 1 is 1.50 bits per heavy atom. The van der Waals surface area contributed by atoms with Crippen LogP contribution >= 0.6 is 0 Å². The molecule has 0 saturated heterocycles. The zero-order valence-corrected chi connectivity index (χ0v) is 11.5. The summed E-state index contributed by atoms with van der Waals surface area (Å²) in [5.74, 6) is 2.43. The zero-order valence-electron chi connectivity index (χ0n) is 11.5. The maximum Gasteiger partial charge on any atom is 0.0482 e. The van der Waals surface area contributed by atoms with Gasteiger partial charge in [-0.2, -0.15) is 0 Å². The Balaban J connectivity index is 1.86. The Labute approximate surface area is 110 Å². The minimum atomic E-state index is 0.643. The van der Waals surface area contributed by atoms with Crippen molar-refractivity contribution >= 4 is 0 Å². The highest BCUT2D eigenvalue weighted by molar-refractivity contribution is 5.28. The molecule has 4 atom stereocenters. The average molecular weight is 244 g/mol. The lowest BCUT2D eigenvalue weighted by atomic mass is 9.80. The third-order valence-corrected chi connectivity index (χ3v) is 4.74. The van der Waals surface area contributed by atoms with Crippen molar-refractivity contribution in [2.45, 2.75) is 51.5 Å². The molecular formula is C16H24N2. The molecule has 4 unspecified atom stereocenters. The number of fused-ring (bicyclic) bond motifs is 1. The monoisotopic (exact) mass is 244 g/mol. The Bertz CT molecular complexity index is 415. The van der Waals surface area contributed by atoms with E-state index in [1.165, 1.54) is 36.9 Å². The number of likely N-dealkylation sites (N-methyl/N-ethyl adjacent to an activating group) is 1. The maximum atomic E-state index is 4.70. The van der Waals surface area contributed by atoms with E-state index in [4.69, 9.17) is 4.98 Å². The van der Waals surface area contributed by atoms with Crippen molar-refractivity contribution in [3.05, 3.63) is 29.6 Å². The summed E-state index contributed by atoms with van der Waals surface area (Å²) in [6.45, 7) is 5.69. The summed E-state index contributed by atoms with van der Waals surface area (Å²) in [7, 11) is 0. The minimum absolute atomic E-state index is 0.643. The maximum absolute atomic E-state index is 4.70. The van der Waals surface area contributed by atoms with Crippen LogP contribution in [0, 0.1) is 11.8 Å². The van der Waals surface area contributed by atoms with E-state index >= 15 is 0 Å². The van der Waals surface area contributed by atoms with E-state index in [1.54, 1.807) is 0 Å². The predicted molar refractivity (Wildman–Crippen MR) is 74.7 cm³/mol. The molecule has 0 aliphatic heterocycles. The molecule has 18 heavy (non-hydrogen) atoms. The minimum Gasteiger partial charge on any atom is -0.313 e. The first-order chi connectivity index (χ1) is 8.81. The van der Waals surface area contributed by atoms with Crippen LogP contribution in [-0.2, 0) is 6.42 Å². The normalized spacial score (nSPS) is 31.8. The van der Waals surface area contributed by atoms with Crippen molar-refractivity contribution in [1.82, 2.24) is 10.3 Å². The highest BCUT2D eigenvalue weighted by atomic mass is 14.9. The lowest BCUT2D eigenvalue weighted by Gasteiger charge is -2.32. The van der Waals surface area contributed by atoms with Crippen LogP contribution in [0.4, 0.5) is 0 Å². The summed E-state index contributed by atoms with van der Waals surface area (Å²) >= 11 is 0. The van der Waals surface area contributed by atoms with Crippen LogP contribution in [0.5, 0.6) is 0 Å². The highest BCUT2D eigenvalue weighted by Gasteiger charge is 2.44. The molecule has 0 amide bonds. The van der Waals surface area contributed by atoms with Gasteiger partial charge in [-0.05, 0) is 55.7 Å². The first kappa shape index (κ1) is 12.2. The number of rotatable bonds is 4. The van der Waals surface area contributed by atoms with Gasteiger partial charge in [-0.1, -0.05) is 19.9 Å². The quantitative estimate of drug-likeness (QED) is 0.880. The van der Waals surface area contributed by atoms with Crippen molar-refractivity contribution in [3.63, 3.8) is 0 Å². The molecule has 0 aromatic carbocycles. The van der Waals surface area contributed by atoms with E-state index in [2.05, 4.69) is 31.3 Å². The van der Waals surface area contributed by atoms with Gasteiger partial charge in [0.15, 0.2) is 0 Å². The lowest BCUT2D eigenvalue weighted by Crippen LogP contribution is -2.39. The van der Waals surface area contributed by atoms with Crippen molar-refractivity contribution in [1.29, 1.82) is 0 Å². The van der Waals surface area contributed by atoms with Crippen LogP contribution in [0.25, 0.3) is 0 Å². The molecule has 3 rings (SSSR count). The molecule has 2 aliphatic carbocycles. The van der Waals surface area contributed by atoms with Crippen molar-refractivity contribution in [2.75, 3.05) is 6.54 Å². The van der Waals surface area contributed by atoms with E-state index in [0.29, 0.717) is 12.0 Å². The van der Waals surface area contributed by atoms with E-state index in [1.807, 2.05) is 6.20 Å². The summed E-state index contributed by atoms with van der Waals surface area (Å²) < 4.78 is 0. The molecule has 2 heteroatoms. The topological polar surface area (TPSA) is 24.9 Å². The number of hydrogen-bond donors (Lipinski definition) is 1. The summed E-state index contributed by atoms with van der Waals surface area (Å²) in [6.07, 6.45) is 7.23. The van der Waals surface area contributed by atoms with Crippen molar-refractivity contribution in [3.8, 4) is 0 Å². The molecule has 0 radical (unpaired) electrons. The van der Waals surface area contributed by atoms with Crippen LogP contribution in [0.1, 0.15) is 50.3 Å². The smallest absolute Gasteiger partial charge is 0.0482 e. The predicted octanol–water partition coefficient (Wildman–Crippen LogP) is 3.14. The second kappa shape index (κ2) is 5.00. The Kier molecular flexibility index (Phi) is 3.38. The highest BCUT2D eigenvalue weighted by Crippen LogP contribution is 2.47. The molecule has 1 saturated carbocycles. The van der Waals surface area contributed by atoms with Gasteiger partial charge >= 0.3 is 0 Å². The zero-order chi connectivity index (χ0) is 12.5. The molecule has 2 aliphatic rings. The number of aromatic nitrogens is 1. The standard InChI is InChI=1S/C16H24N2/c1-3-17-16(14-10-11(14)2)13-8-4-6-12-7-5-9-18-15(12)13/h5,7,9,11,13-14,16-17H,3-4,6,8,10H2,1-2H3. The largest absolute Gasteiger partial charge is 0.313 e. The fraction of sp³-hybridized carbons (Fsp3) is 0.688. The molecule has 0 spiro atoms. The van der Waals surface area contributed by atoms with Crippen LogP contribution in [0.2, 0.25) is 0 Å².